The van der Waals surface area contributed by atoms with Gasteiger partial charge in [-0.2, -0.15) is 10.2 Å². The number of fused-ring (bicyclic) bond motifs is 5. The number of rotatable bonds is 0. The van der Waals surface area contributed by atoms with Crippen molar-refractivity contribution < 1.29 is 0 Å². The molecule has 1 heterocycles. The summed E-state index contributed by atoms with van der Waals surface area (Å²) in [7, 11) is 0. The Hall–Kier alpha value is 0.180. The maximum absolute atomic E-state index is 6.21. The molecule has 6 atom stereocenters. The maximum Gasteiger partial charge on any atom is 0.0800 e. The minimum absolute atomic E-state index is 0.134. The molecule has 0 aromatic carbocycles. The van der Waals surface area contributed by atoms with Gasteiger partial charge in [0.2, 0.25) is 0 Å². The van der Waals surface area contributed by atoms with Crippen molar-refractivity contribution in [1.29, 1.82) is 0 Å². The fourth-order valence-corrected chi connectivity index (χ4v) is 3.92. The zero-order valence-electron chi connectivity index (χ0n) is 6.53. The second kappa shape index (κ2) is 2.36. The Morgan fingerprint density at radius 3 is 2.58 bits per heavy atom. The van der Waals surface area contributed by atoms with Crippen molar-refractivity contribution in [2.75, 3.05) is 6.54 Å². The monoisotopic (exact) mass is 204 g/mol. The number of hydrogen-bond donors (Lipinski definition) is 0. The second-order valence-electron chi connectivity index (χ2n) is 4.05. The lowest BCUT2D eigenvalue weighted by Gasteiger charge is -2.29. The molecule has 0 saturated heterocycles. The first kappa shape index (κ1) is 7.57. The van der Waals surface area contributed by atoms with Gasteiger partial charge in [-0.3, -0.25) is 0 Å². The van der Waals surface area contributed by atoms with Crippen molar-refractivity contribution in [1.82, 2.24) is 0 Å². The molecule has 12 heavy (non-hydrogen) atoms. The molecule has 0 aromatic heterocycles. The smallest absolute Gasteiger partial charge is 0.0800 e. The lowest BCUT2D eigenvalue weighted by molar-refractivity contribution is 0.337. The van der Waals surface area contributed by atoms with E-state index in [1.807, 2.05) is 0 Å². The van der Waals surface area contributed by atoms with Gasteiger partial charge in [0.25, 0.3) is 0 Å². The molecular formula is C8H10Cl2N2. The van der Waals surface area contributed by atoms with Crippen molar-refractivity contribution in [3.05, 3.63) is 0 Å². The van der Waals surface area contributed by atoms with Crippen molar-refractivity contribution in [2.45, 2.75) is 23.2 Å². The average Bonchev–Trinajstić information content (AvgIpc) is 2.63. The molecule has 0 amide bonds. The zero-order chi connectivity index (χ0) is 8.29. The van der Waals surface area contributed by atoms with Crippen LogP contribution in [0.2, 0.25) is 0 Å². The lowest BCUT2D eigenvalue weighted by atomic mass is 9.85. The Kier molecular flexibility index (Phi) is 1.49. The minimum Gasteiger partial charge on any atom is -0.194 e. The van der Waals surface area contributed by atoms with Gasteiger partial charge in [0.05, 0.1) is 23.3 Å². The van der Waals surface area contributed by atoms with Crippen LogP contribution in [0.15, 0.2) is 10.2 Å². The summed E-state index contributed by atoms with van der Waals surface area (Å²) >= 11 is 12.4. The molecule has 0 radical (unpaired) electrons. The van der Waals surface area contributed by atoms with E-state index in [0.29, 0.717) is 23.8 Å². The third-order valence-electron chi connectivity index (χ3n) is 3.60. The number of alkyl halides is 2. The predicted molar refractivity (Wildman–Crippen MR) is 47.9 cm³/mol. The molecule has 3 rings (SSSR count). The summed E-state index contributed by atoms with van der Waals surface area (Å²) in [5.74, 6) is 1.71. The molecule has 1 aliphatic heterocycles. The molecule has 0 aromatic rings. The second-order valence-corrected chi connectivity index (χ2v) is 5.05. The molecule has 2 nitrogen and oxygen atoms in total. The van der Waals surface area contributed by atoms with Crippen LogP contribution in [-0.2, 0) is 0 Å². The van der Waals surface area contributed by atoms with E-state index >= 15 is 0 Å². The van der Waals surface area contributed by atoms with Crippen LogP contribution in [0, 0.1) is 17.8 Å². The van der Waals surface area contributed by atoms with Gasteiger partial charge < -0.3 is 0 Å². The highest BCUT2D eigenvalue weighted by Crippen LogP contribution is 2.55. The summed E-state index contributed by atoms with van der Waals surface area (Å²) < 4.78 is 0. The van der Waals surface area contributed by atoms with Gasteiger partial charge in [0, 0.05) is 11.8 Å². The maximum atomic E-state index is 6.21. The summed E-state index contributed by atoms with van der Waals surface area (Å²) in [6.45, 7) is 0.888. The number of halogens is 2. The first-order valence-electron chi connectivity index (χ1n) is 4.44. The van der Waals surface area contributed by atoms with Crippen LogP contribution >= 0.6 is 23.2 Å². The quantitative estimate of drug-likeness (QED) is 0.542. The number of nitrogens with zero attached hydrogens (tertiary/aromatic N) is 2. The topological polar surface area (TPSA) is 24.7 Å². The fourth-order valence-electron chi connectivity index (χ4n) is 3.01. The molecular weight excluding hydrogens is 195 g/mol. The van der Waals surface area contributed by atoms with Gasteiger partial charge in [0.1, 0.15) is 0 Å². The molecule has 0 N–H and O–H groups in total. The van der Waals surface area contributed by atoms with Crippen molar-refractivity contribution in [3.8, 4) is 0 Å². The van der Waals surface area contributed by atoms with Crippen LogP contribution < -0.4 is 0 Å². The minimum atomic E-state index is 0.134. The summed E-state index contributed by atoms with van der Waals surface area (Å²) in [4.78, 5) is 0. The van der Waals surface area contributed by atoms with E-state index < -0.39 is 0 Å². The Morgan fingerprint density at radius 1 is 1.00 bits per heavy atom. The van der Waals surface area contributed by atoms with Gasteiger partial charge in [-0.05, 0) is 12.3 Å². The molecule has 2 bridgehead atoms. The van der Waals surface area contributed by atoms with Gasteiger partial charge in [-0.1, -0.05) is 0 Å². The largest absolute Gasteiger partial charge is 0.194 e. The first-order valence-corrected chi connectivity index (χ1v) is 5.31. The van der Waals surface area contributed by atoms with Gasteiger partial charge in [-0.25, -0.2) is 0 Å². The Bertz CT molecular complexity index is 243. The normalized spacial score (nSPS) is 61.2. The standard InChI is InChI=1S/C8H10Cl2N2/c9-6-3-1-4(7(6)10)8-5(3)2-11-12-8/h3-8H,1-2H2. The fraction of sp³-hybridized carbons (Fsp3) is 1.00. The van der Waals surface area contributed by atoms with E-state index in [-0.39, 0.29) is 10.8 Å². The van der Waals surface area contributed by atoms with Crippen LogP contribution in [0.1, 0.15) is 6.42 Å². The van der Waals surface area contributed by atoms with Crippen LogP contribution in [-0.4, -0.2) is 23.3 Å². The van der Waals surface area contributed by atoms with Crippen molar-refractivity contribution >= 4 is 23.2 Å². The van der Waals surface area contributed by atoms with Crippen LogP contribution in [0.4, 0.5) is 0 Å². The van der Waals surface area contributed by atoms with E-state index in [2.05, 4.69) is 10.2 Å². The summed E-state index contributed by atoms with van der Waals surface area (Å²) in [5, 5.41) is 8.63. The zero-order valence-corrected chi connectivity index (χ0v) is 8.04. The van der Waals surface area contributed by atoms with Gasteiger partial charge >= 0.3 is 0 Å². The van der Waals surface area contributed by atoms with Crippen molar-refractivity contribution in [3.63, 3.8) is 0 Å². The molecule has 2 saturated carbocycles. The molecule has 6 unspecified atom stereocenters. The Balaban J connectivity index is 1.95. The molecule has 66 valence electrons. The molecule has 0 spiro atoms. The Morgan fingerprint density at radius 2 is 1.75 bits per heavy atom. The average molecular weight is 205 g/mol. The lowest BCUT2D eigenvalue weighted by Crippen LogP contribution is -2.37. The molecule has 2 aliphatic carbocycles. The van der Waals surface area contributed by atoms with Crippen molar-refractivity contribution in [2.24, 2.45) is 28.0 Å². The first-order chi connectivity index (χ1) is 5.79. The number of azo groups is 1. The van der Waals surface area contributed by atoms with E-state index in [1.54, 1.807) is 0 Å². The Labute approximate surface area is 81.3 Å². The predicted octanol–water partition coefficient (Wildman–Crippen LogP) is 2.30. The van der Waals surface area contributed by atoms with E-state index in [1.165, 1.54) is 6.42 Å². The summed E-state index contributed by atoms with van der Waals surface area (Å²) in [6, 6.07) is 0.410. The SMILES string of the molecule is ClC1C(Cl)C2CC1C1CN=NC21. The van der Waals surface area contributed by atoms with E-state index in [0.717, 1.165) is 6.54 Å². The third kappa shape index (κ3) is 0.734. The summed E-state index contributed by atoms with van der Waals surface area (Å²) in [6.07, 6.45) is 1.18. The van der Waals surface area contributed by atoms with E-state index in [4.69, 9.17) is 23.2 Å². The van der Waals surface area contributed by atoms with Crippen LogP contribution in [0.3, 0.4) is 0 Å². The molecule has 3 aliphatic rings. The highest BCUT2D eigenvalue weighted by molar-refractivity contribution is 6.30. The van der Waals surface area contributed by atoms with Crippen LogP contribution in [0.5, 0.6) is 0 Å². The summed E-state index contributed by atoms with van der Waals surface area (Å²) in [5.41, 5.74) is 0. The highest BCUT2D eigenvalue weighted by atomic mass is 35.5. The highest BCUT2D eigenvalue weighted by Gasteiger charge is 2.58. The number of hydrogen-bond acceptors (Lipinski definition) is 2. The van der Waals surface area contributed by atoms with Gasteiger partial charge in [0.15, 0.2) is 0 Å². The van der Waals surface area contributed by atoms with Crippen LogP contribution in [0.25, 0.3) is 0 Å². The molecule has 2 fully saturated rings. The molecule has 4 heteroatoms. The third-order valence-corrected chi connectivity index (χ3v) is 4.92. The van der Waals surface area contributed by atoms with E-state index in [9.17, 15) is 0 Å². The van der Waals surface area contributed by atoms with Gasteiger partial charge in [-0.15, -0.1) is 23.2 Å².